The second-order valence-corrected chi connectivity index (χ2v) is 12.3. The molecule has 182 valence electrons. The van der Waals surface area contributed by atoms with Crippen LogP contribution in [0.25, 0.3) is 79.0 Å². The Morgan fingerprint density at radius 1 is 0.410 bits per heavy atom. The summed E-state index contributed by atoms with van der Waals surface area (Å²) in [5.74, 6) is 0. The van der Waals surface area contributed by atoms with E-state index < -0.39 is 0 Å². The van der Waals surface area contributed by atoms with E-state index in [-0.39, 0.29) is 0 Å². The number of hydrogen-bond donors (Lipinski definition) is 0. The van der Waals surface area contributed by atoms with Gasteiger partial charge in [0.15, 0.2) is 0 Å². The van der Waals surface area contributed by atoms with Gasteiger partial charge in [-0.25, -0.2) is 0 Å². The maximum atomic E-state index is 2.43. The van der Waals surface area contributed by atoms with Crippen LogP contribution in [-0.2, 0) is 0 Å². The molecule has 0 spiro atoms. The molecular formula is C36H21NS2. The quantitative estimate of drug-likeness (QED) is 0.209. The smallest absolute Gasteiger partial charge is 0.0541 e. The van der Waals surface area contributed by atoms with Crippen LogP contribution < -0.4 is 0 Å². The van der Waals surface area contributed by atoms with Gasteiger partial charge in [0.25, 0.3) is 0 Å². The van der Waals surface area contributed by atoms with Crippen molar-refractivity contribution in [3.63, 3.8) is 0 Å². The maximum Gasteiger partial charge on any atom is 0.0541 e. The molecule has 0 saturated heterocycles. The van der Waals surface area contributed by atoms with Crippen molar-refractivity contribution < 1.29 is 0 Å². The van der Waals surface area contributed by atoms with Crippen molar-refractivity contribution in [3.8, 4) is 16.8 Å². The van der Waals surface area contributed by atoms with Gasteiger partial charge in [-0.2, -0.15) is 0 Å². The Labute approximate surface area is 232 Å². The molecule has 0 amide bonds. The first kappa shape index (κ1) is 21.5. The molecule has 0 atom stereocenters. The molecule has 0 aliphatic heterocycles. The molecule has 0 radical (unpaired) electrons. The van der Waals surface area contributed by atoms with Crippen LogP contribution in [0, 0.1) is 0 Å². The summed E-state index contributed by atoms with van der Waals surface area (Å²) >= 11 is 3.76. The van der Waals surface area contributed by atoms with E-state index in [4.69, 9.17) is 0 Å². The Balaban J connectivity index is 1.31. The molecule has 9 aromatic rings. The minimum Gasteiger partial charge on any atom is -0.309 e. The monoisotopic (exact) mass is 531 g/mol. The molecule has 0 bridgehead atoms. The number of fused-ring (bicyclic) bond motifs is 9. The lowest BCUT2D eigenvalue weighted by Gasteiger charge is -2.09. The molecule has 3 heterocycles. The Kier molecular flexibility index (Phi) is 4.43. The number of thiophene rings is 2. The molecule has 0 aliphatic rings. The molecule has 0 saturated carbocycles. The second-order valence-electron chi connectivity index (χ2n) is 10.1. The predicted octanol–water partition coefficient (Wildman–Crippen LogP) is 11.2. The Hall–Kier alpha value is -4.44. The first-order valence-electron chi connectivity index (χ1n) is 13.2. The number of hydrogen-bond acceptors (Lipinski definition) is 2. The van der Waals surface area contributed by atoms with E-state index in [0.29, 0.717) is 0 Å². The van der Waals surface area contributed by atoms with Crippen molar-refractivity contribution in [2.45, 2.75) is 0 Å². The van der Waals surface area contributed by atoms with Gasteiger partial charge < -0.3 is 4.57 Å². The lowest BCUT2D eigenvalue weighted by Crippen LogP contribution is -1.93. The zero-order chi connectivity index (χ0) is 25.5. The van der Waals surface area contributed by atoms with Crippen molar-refractivity contribution >= 4 is 84.8 Å². The highest BCUT2D eigenvalue weighted by molar-refractivity contribution is 7.26. The average Bonchev–Trinajstić information content (AvgIpc) is 3.66. The Morgan fingerprint density at radius 3 is 1.95 bits per heavy atom. The molecule has 1 nitrogen and oxygen atoms in total. The van der Waals surface area contributed by atoms with Gasteiger partial charge in [-0.1, -0.05) is 78.9 Å². The minimum atomic E-state index is 1.21. The maximum absolute atomic E-state index is 2.43. The van der Waals surface area contributed by atoms with Crippen LogP contribution in [0.15, 0.2) is 127 Å². The molecule has 0 aliphatic carbocycles. The third-order valence-corrected chi connectivity index (χ3v) is 10.4. The summed E-state index contributed by atoms with van der Waals surface area (Å²) in [5.41, 5.74) is 6.25. The van der Waals surface area contributed by atoms with Gasteiger partial charge in [0, 0.05) is 56.8 Å². The van der Waals surface area contributed by atoms with E-state index in [9.17, 15) is 0 Å². The number of para-hydroxylation sites is 1. The Bertz CT molecular complexity index is 2400. The first-order chi connectivity index (χ1) is 19.3. The van der Waals surface area contributed by atoms with E-state index in [1.165, 1.54) is 79.0 Å². The fourth-order valence-corrected chi connectivity index (χ4v) is 8.57. The van der Waals surface area contributed by atoms with Crippen molar-refractivity contribution in [2.75, 3.05) is 0 Å². The van der Waals surface area contributed by atoms with Gasteiger partial charge in [0.1, 0.15) is 0 Å². The molecule has 3 heteroatoms. The number of rotatable bonds is 2. The fraction of sp³-hybridized carbons (Fsp3) is 0. The number of benzene rings is 6. The van der Waals surface area contributed by atoms with E-state index in [2.05, 4.69) is 132 Å². The summed E-state index contributed by atoms with van der Waals surface area (Å²) in [6.07, 6.45) is 0. The van der Waals surface area contributed by atoms with Gasteiger partial charge in [-0.05, 0) is 59.7 Å². The minimum absolute atomic E-state index is 1.21. The van der Waals surface area contributed by atoms with E-state index in [1.54, 1.807) is 0 Å². The fourth-order valence-electron chi connectivity index (χ4n) is 6.25. The van der Waals surface area contributed by atoms with Crippen molar-refractivity contribution in [3.05, 3.63) is 127 Å². The molecule has 6 aromatic carbocycles. The zero-order valence-corrected chi connectivity index (χ0v) is 22.5. The van der Waals surface area contributed by atoms with Crippen LogP contribution in [0.5, 0.6) is 0 Å². The lowest BCUT2D eigenvalue weighted by molar-refractivity contribution is 1.19. The summed E-state index contributed by atoms with van der Waals surface area (Å²) in [7, 11) is 0. The van der Waals surface area contributed by atoms with E-state index in [0.717, 1.165) is 0 Å². The van der Waals surface area contributed by atoms with Gasteiger partial charge >= 0.3 is 0 Å². The largest absolute Gasteiger partial charge is 0.309 e. The normalized spacial score (nSPS) is 12.1. The molecular weight excluding hydrogens is 511 g/mol. The highest BCUT2D eigenvalue weighted by atomic mass is 32.1. The van der Waals surface area contributed by atoms with Gasteiger partial charge in [-0.15, -0.1) is 22.7 Å². The molecule has 0 unspecified atom stereocenters. The lowest BCUT2D eigenvalue weighted by atomic mass is 10.0. The standard InChI is InChI=1S/C36H21NS2/c1-4-13-31-25(8-1)29-20-22(24-11-7-12-28-26-9-2-6-15-34(26)39-36(24)28)16-18-32(29)37(31)23-17-19-35-30(21-23)27-10-3-5-14-33(27)38-35/h1-21H. The molecule has 39 heavy (non-hydrogen) atoms. The second kappa shape index (κ2) is 8.03. The molecule has 3 aromatic heterocycles. The van der Waals surface area contributed by atoms with Crippen LogP contribution in [0.1, 0.15) is 0 Å². The van der Waals surface area contributed by atoms with Crippen LogP contribution >= 0.6 is 22.7 Å². The van der Waals surface area contributed by atoms with Crippen LogP contribution in [-0.4, -0.2) is 4.57 Å². The molecule has 0 N–H and O–H groups in total. The zero-order valence-electron chi connectivity index (χ0n) is 20.9. The van der Waals surface area contributed by atoms with E-state index >= 15 is 0 Å². The van der Waals surface area contributed by atoms with E-state index in [1.807, 2.05) is 22.7 Å². The summed E-state index contributed by atoms with van der Waals surface area (Å²) in [5, 5.41) is 7.91. The van der Waals surface area contributed by atoms with Crippen LogP contribution in [0.2, 0.25) is 0 Å². The predicted molar refractivity (Wildman–Crippen MR) is 172 cm³/mol. The number of nitrogens with zero attached hydrogens (tertiary/aromatic N) is 1. The third-order valence-electron chi connectivity index (χ3n) is 8.01. The van der Waals surface area contributed by atoms with Gasteiger partial charge in [-0.3, -0.25) is 0 Å². The van der Waals surface area contributed by atoms with Gasteiger partial charge in [0.05, 0.1) is 11.0 Å². The highest BCUT2D eigenvalue weighted by Gasteiger charge is 2.16. The first-order valence-corrected chi connectivity index (χ1v) is 14.8. The summed E-state index contributed by atoms with van der Waals surface area (Å²) in [6, 6.07) is 46.9. The van der Waals surface area contributed by atoms with Crippen LogP contribution in [0.4, 0.5) is 0 Å². The van der Waals surface area contributed by atoms with Gasteiger partial charge in [0.2, 0.25) is 0 Å². The average molecular weight is 532 g/mol. The highest BCUT2D eigenvalue weighted by Crippen LogP contribution is 2.42. The molecule has 9 rings (SSSR count). The summed E-state index contributed by atoms with van der Waals surface area (Å²) in [6.45, 7) is 0. The number of aromatic nitrogens is 1. The summed E-state index contributed by atoms with van der Waals surface area (Å²) < 4.78 is 7.80. The molecule has 0 fully saturated rings. The summed E-state index contributed by atoms with van der Waals surface area (Å²) in [4.78, 5) is 0. The topological polar surface area (TPSA) is 4.93 Å². The third kappa shape index (κ3) is 3.06. The van der Waals surface area contributed by atoms with Crippen LogP contribution in [0.3, 0.4) is 0 Å². The van der Waals surface area contributed by atoms with Crippen molar-refractivity contribution in [1.29, 1.82) is 0 Å². The SMILES string of the molecule is c1ccc2c(c1)sc1ccc(-n3c4ccccc4c4cc(-c5cccc6c5sc5ccccc56)ccc43)cc12. The Morgan fingerprint density at radius 2 is 1.08 bits per heavy atom. The van der Waals surface area contributed by atoms with Crippen molar-refractivity contribution in [2.24, 2.45) is 0 Å². The van der Waals surface area contributed by atoms with Crippen molar-refractivity contribution in [1.82, 2.24) is 4.57 Å².